The average molecular weight is 290 g/mol. The molecule has 1 N–H and O–H groups in total. The summed E-state index contributed by atoms with van der Waals surface area (Å²) >= 11 is 6.01. The maximum Gasteiger partial charge on any atom is 0.0702 e. The van der Waals surface area contributed by atoms with E-state index in [1.165, 1.54) is 5.56 Å². The van der Waals surface area contributed by atoms with Crippen molar-refractivity contribution in [3.8, 4) is 0 Å². The van der Waals surface area contributed by atoms with E-state index in [2.05, 4.69) is 30.9 Å². The van der Waals surface area contributed by atoms with Crippen LogP contribution in [0.4, 0.5) is 5.69 Å². The molecule has 3 heteroatoms. The lowest BCUT2D eigenvalue weighted by molar-refractivity contribution is 0.282. The molecule has 0 aliphatic heterocycles. The van der Waals surface area contributed by atoms with Crippen LogP contribution in [0.1, 0.15) is 25.0 Å². The highest BCUT2D eigenvalue weighted by Gasteiger charge is 2.15. The smallest absolute Gasteiger partial charge is 0.0702 e. The first-order chi connectivity index (χ1) is 9.61. The molecule has 0 aromatic heterocycles. The third-order valence-electron chi connectivity index (χ3n) is 3.34. The molecule has 0 heterocycles. The summed E-state index contributed by atoms with van der Waals surface area (Å²) in [7, 11) is 0. The average Bonchev–Trinajstić information content (AvgIpc) is 2.46. The molecule has 0 spiro atoms. The van der Waals surface area contributed by atoms with Crippen LogP contribution in [-0.4, -0.2) is 11.1 Å². The Balaban J connectivity index is 2.34. The summed E-state index contributed by atoms with van der Waals surface area (Å²) in [5.41, 5.74) is 3.15. The van der Waals surface area contributed by atoms with E-state index in [4.69, 9.17) is 11.6 Å². The fourth-order valence-corrected chi connectivity index (χ4v) is 2.48. The molecule has 0 amide bonds. The van der Waals surface area contributed by atoms with Crippen molar-refractivity contribution in [2.24, 2.45) is 0 Å². The molecule has 2 aromatic rings. The first kappa shape index (κ1) is 14.9. The van der Waals surface area contributed by atoms with Gasteiger partial charge in [0.25, 0.3) is 0 Å². The Bertz CT molecular complexity index is 554. The SMILES string of the molecule is CC(C)N(Cc1ccccc1)c1ccc(Cl)cc1CO. The van der Waals surface area contributed by atoms with Gasteiger partial charge in [-0.15, -0.1) is 0 Å². The van der Waals surface area contributed by atoms with Gasteiger partial charge >= 0.3 is 0 Å². The van der Waals surface area contributed by atoms with E-state index in [0.29, 0.717) is 11.1 Å². The molecular formula is C17H20ClNO. The first-order valence-corrected chi connectivity index (χ1v) is 7.19. The van der Waals surface area contributed by atoms with Gasteiger partial charge in [0.15, 0.2) is 0 Å². The first-order valence-electron chi connectivity index (χ1n) is 6.81. The van der Waals surface area contributed by atoms with Crippen LogP contribution in [0.2, 0.25) is 5.02 Å². The van der Waals surface area contributed by atoms with Gasteiger partial charge in [0.2, 0.25) is 0 Å². The summed E-state index contributed by atoms with van der Waals surface area (Å²) in [6.45, 7) is 5.11. The fourth-order valence-electron chi connectivity index (χ4n) is 2.29. The van der Waals surface area contributed by atoms with E-state index in [9.17, 15) is 5.11 Å². The predicted molar refractivity (Wildman–Crippen MR) is 85.1 cm³/mol. The molecule has 0 aliphatic rings. The number of hydrogen-bond donors (Lipinski definition) is 1. The molecular weight excluding hydrogens is 270 g/mol. The number of anilines is 1. The van der Waals surface area contributed by atoms with Gasteiger partial charge in [0, 0.05) is 28.9 Å². The fraction of sp³-hybridized carbons (Fsp3) is 0.294. The van der Waals surface area contributed by atoms with Crippen molar-refractivity contribution >= 4 is 17.3 Å². The molecule has 0 fully saturated rings. The summed E-state index contributed by atoms with van der Waals surface area (Å²) < 4.78 is 0. The standard InChI is InChI=1S/C17H20ClNO/c1-13(2)19(11-14-6-4-3-5-7-14)17-9-8-16(18)10-15(17)12-20/h3-10,13,20H,11-12H2,1-2H3. The lowest BCUT2D eigenvalue weighted by Crippen LogP contribution is -2.31. The van der Waals surface area contributed by atoms with E-state index in [1.807, 2.05) is 36.4 Å². The summed E-state index contributed by atoms with van der Waals surface area (Å²) in [4.78, 5) is 2.28. The second kappa shape index (κ2) is 6.78. The molecule has 0 atom stereocenters. The summed E-state index contributed by atoms with van der Waals surface area (Å²) in [6, 6.07) is 16.4. The Hall–Kier alpha value is -1.51. The molecule has 2 aromatic carbocycles. The monoisotopic (exact) mass is 289 g/mol. The largest absolute Gasteiger partial charge is 0.392 e. The number of nitrogens with zero attached hydrogens (tertiary/aromatic N) is 1. The van der Waals surface area contributed by atoms with E-state index < -0.39 is 0 Å². The van der Waals surface area contributed by atoms with Crippen LogP contribution < -0.4 is 4.90 Å². The number of hydrogen-bond acceptors (Lipinski definition) is 2. The molecule has 20 heavy (non-hydrogen) atoms. The van der Waals surface area contributed by atoms with Gasteiger partial charge in [0.1, 0.15) is 0 Å². The number of benzene rings is 2. The zero-order valence-corrected chi connectivity index (χ0v) is 12.6. The number of halogens is 1. The van der Waals surface area contributed by atoms with Crippen molar-refractivity contribution in [1.82, 2.24) is 0 Å². The maximum absolute atomic E-state index is 9.55. The van der Waals surface area contributed by atoms with Gasteiger partial charge in [-0.25, -0.2) is 0 Å². The van der Waals surface area contributed by atoms with Gasteiger partial charge in [-0.1, -0.05) is 41.9 Å². The van der Waals surface area contributed by atoms with E-state index in [1.54, 1.807) is 0 Å². The molecule has 0 aliphatic carbocycles. The van der Waals surface area contributed by atoms with Gasteiger partial charge in [-0.05, 0) is 37.6 Å². The van der Waals surface area contributed by atoms with E-state index in [0.717, 1.165) is 17.8 Å². The van der Waals surface area contributed by atoms with Crippen molar-refractivity contribution in [3.05, 3.63) is 64.7 Å². The zero-order valence-electron chi connectivity index (χ0n) is 11.9. The molecule has 2 rings (SSSR count). The van der Waals surface area contributed by atoms with E-state index >= 15 is 0 Å². The van der Waals surface area contributed by atoms with Crippen molar-refractivity contribution in [1.29, 1.82) is 0 Å². The Morgan fingerprint density at radius 2 is 1.80 bits per heavy atom. The van der Waals surface area contributed by atoms with Crippen LogP contribution in [0.25, 0.3) is 0 Å². The Labute approximate surface area is 125 Å². The predicted octanol–water partition coefficient (Wildman–Crippen LogP) is 4.25. The second-order valence-corrected chi connectivity index (χ2v) is 5.57. The molecule has 0 saturated carbocycles. The van der Waals surface area contributed by atoms with Gasteiger partial charge in [-0.2, -0.15) is 0 Å². The lowest BCUT2D eigenvalue weighted by Gasteiger charge is -2.31. The van der Waals surface area contributed by atoms with E-state index in [-0.39, 0.29) is 6.61 Å². The molecule has 0 bridgehead atoms. The second-order valence-electron chi connectivity index (χ2n) is 5.14. The highest BCUT2D eigenvalue weighted by molar-refractivity contribution is 6.30. The quantitative estimate of drug-likeness (QED) is 0.889. The van der Waals surface area contributed by atoms with Gasteiger partial charge in [0.05, 0.1) is 6.61 Å². The summed E-state index contributed by atoms with van der Waals surface area (Å²) in [5, 5.41) is 10.2. The van der Waals surface area contributed by atoms with Crippen LogP contribution >= 0.6 is 11.6 Å². The van der Waals surface area contributed by atoms with Crippen LogP contribution in [-0.2, 0) is 13.2 Å². The highest BCUT2D eigenvalue weighted by atomic mass is 35.5. The molecule has 0 radical (unpaired) electrons. The normalized spacial score (nSPS) is 10.8. The summed E-state index contributed by atoms with van der Waals surface area (Å²) in [6.07, 6.45) is 0. The number of aliphatic hydroxyl groups excluding tert-OH is 1. The number of rotatable bonds is 5. The van der Waals surface area contributed by atoms with Crippen LogP contribution in [0, 0.1) is 0 Å². The Kier molecular flexibility index (Phi) is 5.05. The Morgan fingerprint density at radius 3 is 2.40 bits per heavy atom. The van der Waals surface area contributed by atoms with Gasteiger partial charge < -0.3 is 10.0 Å². The minimum atomic E-state index is -0.00605. The molecule has 0 unspecified atom stereocenters. The summed E-state index contributed by atoms with van der Waals surface area (Å²) in [5.74, 6) is 0. The molecule has 0 saturated heterocycles. The Morgan fingerprint density at radius 1 is 1.10 bits per heavy atom. The number of aliphatic hydroxyl groups is 1. The highest BCUT2D eigenvalue weighted by Crippen LogP contribution is 2.27. The van der Waals surface area contributed by atoms with Crippen LogP contribution in [0.15, 0.2) is 48.5 Å². The lowest BCUT2D eigenvalue weighted by atomic mass is 10.1. The minimum Gasteiger partial charge on any atom is -0.392 e. The van der Waals surface area contributed by atoms with Crippen LogP contribution in [0.5, 0.6) is 0 Å². The molecule has 2 nitrogen and oxygen atoms in total. The van der Waals surface area contributed by atoms with Crippen molar-refractivity contribution in [2.75, 3.05) is 4.90 Å². The van der Waals surface area contributed by atoms with Crippen molar-refractivity contribution in [3.63, 3.8) is 0 Å². The van der Waals surface area contributed by atoms with Crippen LogP contribution in [0.3, 0.4) is 0 Å². The zero-order chi connectivity index (χ0) is 14.5. The topological polar surface area (TPSA) is 23.5 Å². The van der Waals surface area contributed by atoms with Crippen molar-refractivity contribution in [2.45, 2.75) is 33.0 Å². The molecule has 106 valence electrons. The minimum absolute atomic E-state index is 0.00605. The van der Waals surface area contributed by atoms with Gasteiger partial charge in [-0.3, -0.25) is 0 Å². The van der Waals surface area contributed by atoms with Crippen molar-refractivity contribution < 1.29 is 5.11 Å². The maximum atomic E-state index is 9.55. The third-order valence-corrected chi connectivity index (χ3v) is 3.58. The third kappa shape index (κ3) is 3.53.